The maximum atomic E-state index is 8.96. The lowest BCUT2D eigenvalue weighted by Gasteiger charge is -2.14. The number of nitrogens with one attached hydrogen (secondary N) is 1. The third-order valence-electron chi connectivity index (χ3n) is 2.43. The van der Waals surface area contributed by atoms with Crippen LogP contribution in [0.5, 0.6) is 11.5 Å². The minimum Gasteiger partial charge on any atom is -0.497 e. The van der Waals surface area contributed by atoms with E-state index in [4.69, 9.17) is 14.7 Å². The maximum Gasteiger partial charge on any atom is 0.119 e. The van der Waals surface area contributed by atoms with Crippen molar-refractivity contribution in [2.24, 2.45) is 0 Å². The average Bonchev–Trinajstić information content (AvgIpc) is 2.38. The molecule has 0 aromatic heterocycles. The van der Waals surface area contributed by atoms with Gasteiger partial charge in [-0.2, -0.15) is 5.26 Å². The Morgan fingerprint density at radius 1 is 1.22 bits per heavy atom. The largest absolute Gasteiger partial charge is 0.497 e. The normalized spacial score (nSPS) is 11.9. The molecule has 0 aliphatic rings. The second kappa shape index (κ2) is 7.57. The van der Waals surface area contributed by atoms with Gasteiger partial charge in [0.1, 0.15) is 11.5 Å². The molecule has 1 unspecified atom stereocenters. The monoisotopic (exact) mass is 248 g/mol. The lowest BCUT2D eigenvalue weighted by Crippen LogP contribution is -2.34. The van der Waals surface area contributed by atoms with Gasteiger partial charge in [0.05, 0.1) is 25.8 Å². The summed E-state index contributed by atoms with van der Waals surface area (Å²) in [6.45, 7) is 4.56. The van der Waals surface area contributed by atoms with E-state index in [1.165, 1.54) is 0 Å². The van der Waals surface area contributed by atoms with Crippen LogP contribution in [0.15, 0.2) is 24.3 Å². The zero-order chi connectivity index (χ0) is 13.4. The molecule has 0 aliphatic carbocycles. The molecule has 1 rings (SSSR count). The van der Waals surface area contributed by atoms with Crippen LogP contribution in [0.1, 0.15) is 20.3 Å². The van der Waals surface area contributed by atoms with Crippen LogP contribution in [0.3, 0.4) is 0 Å². The molecule has 4 nitrogen and oxygen atoms in total. The summed E-state index contributed by atoms with van der Waals surface area (Å²) in [5.41, 5.74) is 0. The molecule has 0 amide bonds. The zero-order valence-electron chi connectivity index (χ0n) is 11.1. The molecule has 1 aromatic carbocycles. The summed E-state index contributed by atoms with van der Waals surface area (Å²) in [5, 5.41) is 12.1. The summed E-state index contributed by atoms with van der Waals surface area (Å²) in [4.78, 5) is 0. The molecule has 1 N–H and O–H groups in total. The first kappa shape index (κ1) is 14.3. The average molecular weight is 248 g/mol. The first-order valence-corrected chi connectivity index (χ1v) is 6.08. The van der Waals surface area contributed by atoms with E-state index in [-0.39, 0.29) is 6.04 Å². The quantitative estimate of drug-likeness (QED) is 0.804. The second-order valence-electron chi connectivity index (χ2n) is 4.32. The van der Waals surface area contributed by atoms with Crippen LogP contribution in [0.25, 0.3) is 0 Å². The van der Waals surface area contributed by atoms with Crippen molar-refractivity contribution in [3.8, 4) is 17.6 Å². The molecule has 0 radical (unpaired) electrons. The second-order valence-corrected chi connectivity index (χ2v) is 4.32. The fraction of sp³-hybridized carbons (Fsp3) is 0.500. The Labute approximate surface area is 109 Å². The van der Waals surface area contributed by atoms with Gasteiger partial charge in [0.25, 0.3) is 0 Å². The molecule has 0 bridgehead atoms. The molecule has 1 aromatic rings. The molecular formula is C14H20N2O2. The van der Waals surface area contributed by atoms with Crippen molar-refractivity contribution in [1.29, 1.82) is 5.26 Å². The van der Waals surface area contributed by atoms with Crippen molar-refractivity contribution in [1.82, 2.24) is 5.32 Å². The van der Waals surface area contributed by atoms with E-state index < -0.39 is 0 Å². The van der Waals surface area contributed by atoms with Crippen LogP contribution in [0.2, 0.25) is 0 Å². The summed E-state index contributed by atoms with van der Waals surface area (Å²) in [7, 11) is 1.63. The van der Waals surface area contributed by atoms with Crippen molar-refractivity contribution < 1.29 is 9.47 Å². The number of rotatable bonds is 7. The van der Waals surface area contributed by atoms with E-state index in [9.17, 15) is 0 Å². The molecule has 0 saturated heterocycles. The van der Waals surface area contributed by atoms with Crippen LogP contribution < -0.4 is 14.8 Å². The minimum atomic E-state index is -0.164. The molecular weight excluding hydrogens is 228 g/mol. The van der Waals surface area contributed by atoms with Gasteiger partial charge in [-0.1, -0.05) is 0 Å². The van der Waals surface area contributed by atoms with Crippen molar-refractivity contribution in [3.05, 3.63) is 24.3 Å². The van der Waals surface area contributed by atoms with E-state index in [1.54, 1.807) is 7.11 Å². The van der Waals surface area contributed by atoms with Gasteiger partial charge in [-0.05, 0) is 38.1 Å². The summed E-state index contributed by atoms with van der Waals surface area (Å²) in [6, 6.07) is 9.78. The predicted octanol–water partition coefficient (Wildman–Crippen LogP) is 2.35. The first-order chi connectivity index (χ1) is 8.65. The summed E-state index contributed by atoms with van der Waals surface area (Å²) >= 11 is 0. The van der Waals surface area contributed by atoms with Gasteiger partial charge >= 0.3 is 0 Å². The Morgan fingerprint density at radius 2 is 1.83 bits per heavy atom. The number of hydrogen-bond donors (Lipinski definition) is 1. The Hall–Kier alpha value is -1.73. The lowest BCUT2D eigenvalue weighted by atomic mass is 10.2. The Kier molecular flexibility index (Phi) is 6.03. The van der Waals surface area contributed by atoms with Crippen LogP contribution in [-0.2, 0) is 0 Å². The molecule has 0 fully saturated rings. The van der Waals surface area contributed by atoms with Crippen LogP contribution >= 0.6 is 0 Å². The molecule has 1 atom stereocenters. The van der Waals surface area contributed by atoms with Crippen molar-refractivity contribution >= 4 is 0 Å². The Morgan fingerprint density at radius 3 is 2.33 bits per heavy atom. The number of methoxy groups -OCH3 is 1. The van der Waals surface area contributed by atoms with E-state index in [1.807, 2.05) is 38.1 Å². The number of benzene rings is 1. The van der Waals surface area contributed by atoms with Gasteiger partial charge in [0, 0.05) is 12.5 Å². The number of nitrogens with zero attached hydrogens (tertiary/aromatic N) is 1. The third-order valence-corrected chi connectivity index (χ3v) is 2.43. The van der Waals surface area contributed by atoms with Crippen LogP contribution in [-0.4, -0.2) is 25.8 Å². The van der Waals surface area contributed by atoms with E-state index in [2.05, 4.69) is 11.4 Å². The maximum absolute atomic E-state index is 8.96. The highest BCUT2D eigenvalue weighted by atomic mass is 16.5. The third kappa shape index (κ3) is 5.07. The molecule has 98 valence electrons. The van der Waals surface area contributed by atoms with Crippen molar-refractivity contribution in [2.45, 2.75) is 32.4 Å². The number of nitriles is 1. The van der Waals surface area contributed by atoms with Gasteiger partial charge in [-0.15, -0.1) is 0 Å². The van der Waals surface area contributed by atoms with E-state index in [0.29, 0.717) is 19.1 Å². The van der Waals surface area contributed by atoms with Gasteiger partial charge in [-0.3, -0.25) is 5.32 Å². The molecule has 4 heteroatoms. The van der Waals surface area contributed by atoms with Crippen LogP contribution in [0, 0.1) is 11.3 Å². The molecule has 0 heterocycles. The van der Waals surface area contributed by atoms with Crippen molar-refractivity contribution in [2.75, 3.05) is 13.7 Å². The zero-order valence-corrected chi connectivity index (χ0v) is 11.1. The lowest BCUT2D eigenvalue weighted by molar-refractivity contribution is 0.294. The van der Waals surface area contributed by atoms with Gasteiger partial charge in [-0.25, -0.2) is 0 Å². The first-order valence-electron chi connectivity index (χ1n) is 6.08. The SMILES string of the molecule is COc1ccc(OCCC(C#N)NC(C)C)cc1. The molecule has 0 saturated carbocycles. The molecule has 18 heavy (non-hydrogen) atoms. The highest BCUT2D eigenvalue weighted by Crippen LogP contribution is 2.17. The van der Waals surface area contributed by atoms with Gasteiger partial charge < -0.3 is 9.47 Å². The van der Waals surface area contributed by atoms with Gasteiger partial charge in [0.2, 0.25) is 0 Å². The smallest absolute Gasteiger partial charge is 0.119 e. The van der Waals surface area contributed by atoms with Crippen LogP contribution in [0.4, 0.5) is 0 Å². The fourth-order valence-corrected chi connectivity index (χ4v) is 1.55. The fourth-order valence-electron chi connectivity index (χ4n) is 1.55. The molecule has 0 spiro atoms. The number of hydrogen-bond acceptors (Lipinski definition) is 4. The predicted molar refractivity (Wildman–Crippen MR) is 70.8 cm³/mol. The summed E-state index contributed by atoms with van der Waals surface area (Å²) in [5.74, 6) is 1.59. The Balaban J connectivity index is 2.34. The Bertz CT molecular complexity index is 382. The van der Waals surface area contributed by atoms with E-state index >= 15 is 0 Å². The highest BCUT2D eigenvalue weighted by molar-refractivity contribution is 5.31. The minimum absolute atomic E-state index is 0.164. The standard InChI is InChI=1S/C14H20N2O2/c1-11(2)16-12(10-15)8-9-18-14-6-4-13(17-3)5-7-14/h4-7,11-12,16H,8-9H2,1-3H3. The van der Waals surface area contributed by atoms with Crippen molar-refractivity contribution in [3.63, 3.8) is 0 Å². The van der Waals surface area contributed by atoms with E-state index in [0.717, 1.165) is 11.5 Å². The van der Waals surface area contributed by atoms with Gasteiger partial charge in [0.15, 0.2) is 0 Å². The summed E-state index contributed by atoms with van der Waals surface area (Å²) in [6.07, 6.45) is 0.667. The number of ether oxygens (including phenoxy) is 2. The summed E-state index contributed by atoms with van der Waals surface area (Å²) < 4.78 is 10.6. The highest BCUT2D eigenvalue weighted by Gasteiger charge is 2.08. The molecule has 0 aliphatic heterocycles. The topological polar surface area (TPSA) is 54.3 Å².